The molecule has 0 atom stereocenters. The van der Waals surface area contributed by atoms with Crippen LogP contribution < -0.4 is 0 Å². The van der Waals surface area contributed by atoms with Gasteiger partial charge < -0.3 is 4.90 Å². The minimum absolute atomic E-state index is 0.0439. The van der Waals surface area contributed by atoms with E-state index in [1.165, 1.54) is 0 Å². The molecule has 0 aliphatic rings. The standard InChI is InChI=1S/C15H15ClN2O/c16-8-10-18(12-13-5-2-1-3-6-13)15(19)14-7-4-9-17-11-14/h1-7,9,11H,8,10,12H2. The molecule has 19 heavy (non-hydrogen) atoms. The largest absolute Gasteiger partial charge is 0.333 e. The number of amides is 1. The fraction of sp³-hybridized carbons (Fsp3) is 0.200. The van der Waals surface area contributed by atoms with Crippen molar-refractivity contribution in [3.05, 3.63) is 66.0 Å². The van der Waals surface area contributed by atoms with E-state index >= 15 is 0 Å². The topological polar surface area (TPSA) is 33.2 Å². The maximum absolute atomic E-state index is 12.4. The molecule has 0 fully saturated rings. The number of halogens is 1. The first-order chi connectivity index (χ1) is 9.31. The van der Waals surface area contributed by atoms with Crippen LogP contribution in [-0.4, -0.2) is 28.2 Å². The molecule has 3 nitrogen and oxygen atoms in total. The minimum Gasteiger partial charge on any atom is -0.333 e. The van der Waals surface area contributed by atoms with Crippen LogP contribution in [0.15, 0.2) is 54.9 Å². The van der Waals surface area contributed by atoms with Gasteiger partial charge in [-0.2, -0.15) is 0 Å². The zero-order chi connectivity index (χ0) is 13.5. The quantitative estimate of drug-likeness (QED) is 0.786. The Morgan fingerprint density at radius 1 is 1.16 bits per heavy atom. The molecular weight excluding hydrogens is 260 g/mol. The summed E-state index contributed by atoms with van der Waals surface area (Å²) < 4.78 is 0. The average molecular weight is 275 g/mol. The van der Waals surface area contributed by atoms with Crippen LogP contribution in [0.4, 0.5) is 0 Å². The van der Waals surface area contributed by atoms with Crippen molar-refractivity contribution < 1.29 is 4.79 Å². The molecule has 0 bridgehead atoms. The fourth-order valence-electron chi connectivity index (χ4n) is 1.83. The summed E-state index contributed by atoms with van der Waals surface area (Å²) in [6.07, 6.45) is 3.23. The second-order valence-electron chi connectivity index (χ2n) is 4.14. The molecule has 0 unspecified atom stereocenters. The van der Waals surface area contributed by atoms with Gasteiger partial charge in [0, 0.05) is 31.4 Å². The highest BCUT2D eigenvalue weighted by atomic mass is 35.5. The van der Waals surface area contributed by atoms with Gasteiger partial charge in [-0.1, -0.05) is 30.3 Å². The zero-order valence-electron chi connectivity index (χ0n) is 10.5. The molecule has 98 valence electrons. The maximum atomic E-state index is 12.4. The van der Waals surface area contributed by atoms with Gasteiger partial charge in [-0.3, -0.25) is 9.78 Å². The van der Waals surface area contributed by atoms with E-state index in [1.807, 2.05) is 30.3 Å². The van der Waals surface area contributed by atoms with E-state index in [-0.39, 0.29) is 5.91 Å². The Morgan fingerprint density at radius 2 is 1.95 bits per heavy atom. The van der Waals surface area contributed by atoms with Gasteiger partial charge in [0.25, 0.3) is 5.91 Å². The molecular formula is C15H15ClN2O. The lowest BCUT2D eigenvalue weighted by molar-refractivity contribution is 0.0753. The molecule has 1 aromatic carbocycles. The van der Waals surface area contributed by atoms with E-state index in [0.717, 1.165) is 5.56 Å². The van der Waals surface area contributed by atoms with Crippen LogP contribution in [0, 0.1) is 0 Å². The van der Waals surface area contributed by atoms with Gasteiger partial charge in [-0.05, 0) is 17.7 Å². The van der Waals surface area contributed by atoms with Crippen LogP contribution in [0.2, 0.25) is 0 Å². The molecule has 2 aromatic rings. The summed E-state index contributed by atoms with van der Waals surface area (Å²) in [7, 11) is 0. The second-order valence-corrected chi connectivity index (χ2v) is 4.52. The highest BCUT2D eigenvalue weighted by Crippen LogP contribution is 2.09. The van der Waals surface area contributed by atoms with E-state index < -0.39 is 0 Å². The van der Waals surface area contributed by atoms with Gasteiger partial charge in [0.1, 0.15) is 0 Å². The van der Waals surface area contributed by atoms with Gasteiger partial charge in [0.15, 0.2) is 0 Å². The first-order valence-corrected chi connectivity index (χ1v) is 6.64. The molecule has 2 rings (SSSR count). The number of carbonyl (C=O) groups excluding carboxylic acids is 1. The van der Waals surface area contributed by atoms with E-state index in [9.17, 15) is 4.79 Å². The third-order valence-electron chi connectivity index (χ3n) is 2.77. The number of nitrogens with zero attached hydrogens (tertiary/aromatic N) is 2. The summed E-state index contributed by atoms with van der Waals surface area (Å²) in [5.41, 5.74) is 1.67. The Hall–Kier alpha value is -1.87. The van der Waals surface area contributed by atoms with Gasteiger partial charge in [0.05, 0.1) is 5.56 Å². The number of benzene rings is 1. The van der Waals surface area contributed by atoms with Crippen LogP contribution in [0.5, 0.6) is 0 Å². The molecule has 0 saturated heterocycles. The fourth-order valence-corrected chi connectivity index (χ4v) is 2.03. The van der Waals surface area contributed by atoms with Crippen molar-refractivity contribution in [1.82, 2.24) is 9.88 Å². The summed E-state index contributed by atoms with van der Waals surface area (Å²) in [6, 6.07) is 13.4. The molecule has 1 heterocycles. The first kappa shape index (κ1) is 13.6. The third-order valence-corrected chi connectivity index (χ3v) is 2.94. The van der Waals surface area contributed by atoms with E-state index in [4.69, 9.17) is 11.6 Å². The number of hydrogen-bond donors (Lipinski definition) is 0. The Kier molecular flexibility index (Phi) is 4.93. The number of pyridine rings is 1. The summed E-state index contributed by atoms with van der Waals surface area (Å²) in [5.74, 6) is 0.372. The number of hydrogen-bond acceptors (Lipinski definition) is 2. The van der Waals surface area contributed by atoms with Crippen molar-refractivity contribution >= 4 is 17.5 Å². The highest BCUT2D eigenvalue weighted by molar-refractivity contribution is 6.18. The summed E-state index contributed by atoms with van der Waals surface area (Å²) in [5, 5.41) is 0. The van der Waals surface area contributed by atoms with E-state index in [0.29, 0.717) is 24.5 Å². The molecule has 4 heteroatoms. The van der Waals surface area contributed by atoms with Crippen LogP contribution >= 0.6 is 11.6 Å². The lowest BCUT2D eigenvalue weighted by Crippen LogP contribution is -2.32. The van der Waals surface area contributed by atoms with Crippen molar-refractivity contribution in [2.75, 3.05) is 12.4 Å². The Labute approximate surface area is 117 Å². The molecule has 0 radical (unpaired) electrons. The van der Waals surface area contributed by atoms with Gasteiger partial charge >= 0.3 is 0 Å². The smallest absolute Gasteiger partial charge is 0.255 e. The third kappa shape index (κ3) is 3.80. The van der Waals surface area contributed by atoms with Crippen LogP contribution in [0.1, 0.15) is 15.9 Å². The summed E-state index contributed by atoms with van der Waals surface area (Å²) in [6.45, 7) is 1.07. The van der Waals surface area contributed by atoms with Crippen molar-refractivity contribution in [3.63, 3.8) is 0 Å². The minimum atomic E-state index is -0.0439. The predicted octanol–water partition coefficient (Wildman–Crippen LogP) is 2.96. The van der Waals surface area contributed by atoms with Crippen molar-refractivity contribution in [1.29, 1.82) is 0 Å². The molecule has 1 amide bonds. The van der Waals surface area contributed by atoms with Crippen molar-refractivity contribution in [3.8, 4) is 0 Å². The van der Waals surface area contributed by atoms with Crippen molar-refractivity contribution in [2.45, 2.75) is 6.54 Å². The number of aromatic nitrogens is 1. The Morgan fingerprint density at radius 3 is 2.58 bits per heavy atom. The lowest BCUT2D eigenvalue weighted by atomic mass is 10.2. The van der Waals surface area contributed by atoms with E-state index in [2.05, 4.69) is 4.98 Å². The van der Waals surface area contributed by atoms with Crippen molar-refractivity contribution in [2.24, 2.45) is 0 Å². The molecule has 0 N–H and O–H groups in total. The monoisotopic (exact) mass is 274 g/mol. The zero-order valence-corrected chi connectivity index (χ0v) is 11.3. The number of rotatable bonds is 5. The van der Waals surface area contributed by atoms with Gasteiger partial charge in [-0.25, -0.2) is 0 Å². The number of carbonyl (C=O) groups is 1. The molecule has 0 spiro atoms. The van der Waals surface area contributed by atoms with Crippen LogP contribution in [0.25, 0.3) is 0 Å². The lowest BCUT2D eigenvalue weighted by Gasteiger charge is -2.21. The molecule has 0 saturated carbocycles. The molecule has 0 aliphatic heterocycles. The SMILES string of the molecule is O=C(c1cccnc1)N(CCCl)Cc1ccccc1. The van der Waals surface area contributed by atoms with Crippen LogP contribution in [0.3, 0.4) is 0 Å². The van der Waals surface area contributed by atoms with Gasteiger partial charge in [-0.15, -0.1) is 11.6 Å². The first-order valence-electron chi connectivity index (χ1n) is 6.10. The molecule has 0 aliphatic carbocycles. The summed E-state index contributed by atoms with van der Waals surface area (Å²) in [4.78, 5) is 18.1. The average Bonchev–Trinajstić information content (AvgIpc) is 2.48. The summed E-state index contributed by atoms with van der Waals surface area (Å²) >= 11 is 5.78. The molecule has 1 aromatic heterocycles. The normalized spacial score (nSPS) is 10.2. The van der Waals surface area contributed by atoms with Crippen LogP contribution in [-0.2, 0) is 6.54 Å². The maximum Gasteiger partial charge on any atom is 0.255 e. The number of alkyl halides is 1. The second kappa shape index (κ2) is 6.90. The van der Waals surface area contributed by atoms with E-state index in [1.54, 1.807) is 29.4 Å². The highest BCUT2D eigenvalue weighted by Gasteiger charge is 2.15. The Bertz CT molecular complexity index is 516. The predicted molar refractivity (Wildman–Crippen MR) is 76.1 cm³/mol. The van der Waals surface area contributed by atoms with Gasteiger partial charge in [0.2, 0.25) is 0 Å². The Balaban J connectivity index is 2.14.